The molecule has 2 N–H and O–H groups in total. The van der Waals surface area contributed by atoms with Crippen molar-refractivity contribution in [2.45, 2.75) is 25.9 Å². The van der Waals surface area contributed by atoms with Crippen LogP contribution >= 0.6 is 0 Å². The van der Waals surface area contributed by atoms with Crippen LogP contribution in [0.15, 0.2) is 72.8 Å². The van der Waals surface area contributed by atoms with E-state index in [0.29, 0.717) is 30.3 Å². The highest BCUT2D eigenvalue weighted by Gasteiger charge is 2.31. The number of hydrogen-bond donors (Lipinski definition) is 2. The lowest BCUT2D eigenvalue weighted by Crippen LogP contribution is -2.61. The maximum atomic E-state index is 13.0. The minimum atomic E-state index is -0.307. The second-order valence-electron chi connectivity index (χ2n) is 7.86. The average molecular weight is 420 g/mol. The number of likely N-dealkylation sites (tertiary alicyclic amines) is 1. The highest BCUT2D eigenvalue weighted by Crippen LogP contribution is 2.24. The number of hydrogen-bond acceptors (Lipinski definition) is 3. The third-order valence-corrected chi connectivity index (χ3v) is 5.46. The maximum absolute atomic E-state index is 13.0. The Morgan fingerprint density at radius 1 is 1.00 bits per heavy atom. The number of urea groups is 1. The Balaban J connectivity index is 1.24. The van der Waals surface area contributed by atoms with Crippen molar-refractivity contribution in [3.05, 3.63) is 89.7 Å². The Bertz CT molecular complexity index is 1030. The fraction of sp³-hybridized carbons (Fsp3) is 0.240. The number of nitrogens with zero attached hydrogens (tertiary/aromatic N) is 1. The monoisotopic (exact) mass is 419 g/mol. The molecular weight excluding hydrogens is 393 g/mol. The van der Waals surface area contributed by atoms with Crippen LogP contribution in [0.3, 0.4) is 0 Å². The van der Waals surface area contributed by atoms with Crippen molar-refractivity contribution in [1.29, 1.82) is 0 Å². The number of ether oxygens (including phenoxy) is 1. The Hall–Kier alpha value is -3.38. The van der Waals surface area contributed by atoms with E-state index < -0.39 is 0 Å². The van der Waals surface area contributed by atoms with E-state index in [1.54, 1.807) is 41.3 Å². The summed E-state index contributed by atoms with van der Waals surface area (Å²) < 4.78 is 18.6. The van der Waals surface area contributed by atoms with Gasteiger partial charge in [0.1, 0.15) is 17.3 Å². The summed E-state index contributed by atoms with van der Waals surface area (Å²) in [4.78, 5) is 14.3. The molecule has 1 saturated heterocycles. The summed E-state index contributed by atoms with van der Waals surface area (Å²) in [7, 11) is 0. The zero-order chi connectivity index (χ0) is 21.8. The Morgan fingerprint density at radius 2 is 1.61 bits per heavy atom. The molecule has 5 nitrogen and oxygen atoms in total. The molecule has 1 unspecified atom stereocenters. The number of carbonyl (C=O) groups is 1. The van der Waals surface area contributed by atoms with Crippen LogP contribution < -0.4 is 15.4 Å². The number of anilines is 1. The number of halogens is 1. The van der Waals surface area contributed by atoms with Crippen molar-refractivity contribution in [1.82, 2.24) is 10.2 Å². The number of amides is 2. The van der Waals surface area contributed by atoms with Gasteiger partial charge in [-0.3, -0.25) is 0 Å². The first-order valence-electron chi connectivity index (χ1n) is 10.4. The lowest BCUT2D eigenvalue weighted by atomic mass is 10.0. The third kappa shape index (κ3) is 5.22. The van der Waals surface area contributed by atoms with Gasteiger partial charge in [0.25, 0.3) is 0 Å². The van der Waals surface area contributed by atoms with Crippen molar-refractivity contribution in [2.24, 2.45) is 0 Å². The number of benzene rings is 3. The molecule has 6 heteroatoms. The van der Waals surface area contributed by atoms with Crippen LogP contribution in [-0.2, 0) is 0 Å². The van der Waals surface area contributed by atoms with Crippen molar-refractivity contribution < 1.29 is 13.9 Å². The Morgan fingerprint density at radius 3 is 2.26 bits per heavy atom. The van der Waals surface area contributed by atoms with E-state index in [0.717, 1.165) is 0 Å². The fourth-order valence-corrected chi connectivity index (χ4v) is 3.71. The van der Waals surface area contributed by atoms with Crippen LogP contribution in [-0.4, -0.2) is 30.1 Å². The first-order chi connectivity index (χ1) is 15.0. The van der Waals surface area contributed by atoms with E-state index in [2.05, 4.69) is 42.7 Å². The van der Waals surface area contributed by atoms with E-state index in [4.69, 9.17) is 4.74 Å². The topological polar surface area (TPSA) is 53.6 Å². The molecule has 1 atom stereocenters. The summed E-state index contributed by atoms with van der Waals surface area (Å²) in [5.74, 6) is 0.860. The molecule has 3 aromatic rings. The SMILES string of the molecule is Cc1ccccc1C(C)NC1CN(C(=O)Nc2ccc(Oc3ccc(F)cc3)cc2)C1. The van der Waals surface area contributed by atoms with Gasteiger partial charge in [-0.1, -0.05) is 24.3 Å². The molecule has 1 heterocycles. The van der Waals surface area contributed by atoms with Gasteiger partial charge in [0, 0.05) is 30.9 Å². The van der Waals surface area contributed by atoms with Crippen LogP contribution in [0.5, 0.6) is 11.5 Å². The molecule has 0 saturated carbocycles. The van der Waals surface area contributed by atoms with E-state index in [1.807, 2.05) is 6.07 Å². The van der Waals surface area contributed by atoms with Gasteiger partial charge >= 0.3 is 6.03 Å². The first kappa shape index (κ1) is 20.9. The minimum Gasteiger partial charge on any atom is -0.457 e. The van der Waals surface area contributed by atoms with Gasteiger partial charge in [-0.05, 0) is 73.5 Å². The molecule has 0 aliphatic carbocycles. The fourth-order valence-electron chi connectivity index (χ4n) is 3.71. The van der Waals surface area contributed by atoms with Gasteiger partial charge in [-0.25, -0.2) is 9.18 Å². The molecule has 2 amide bonds. The molecular formula is C25H26FN3O2. The number of rotatable bonds is 6. The highest BCUT2D eigenvalue weighted by molar-refractivity contribution is 5.90. The van der Waals surface area contributed by atoms with Gasteiger partial charge in [0.05, 0.1) is 0 Å². The molecule has 3 aromatic carbocycles. The van der Waals surface area contributed by atoms with Crippen LogP contribution in [0.25, 0.3) is 0 Å². The number of carbonyl (C=O) groups excluding carboxylic acids is 1. The van der Waals surface area contributed by atoms with Crippen LogP contribution in [0, 0.1) is 12.7 Å². The third-order valence-electron chi connectivity index (χ3n) is 5.46. The van der Waals surface area contributed by atoms with E-state index in [9.17, 15) is 9.18 Å². The molecule has 0 radical (unpaired) electrons. The molecule has 1 fully saturated rings. The van der Waals surface area contributed by atoms with Gasteiger partial charge in [-0.15, -0.1) is 0 Å². The second-order valence-corrected chi connectivity index (χ2v) is 7.86. The average Bonchev–Trinajstić information content (AvgIpc) is 2.73. The predicted molar refractivity (Wildman–Crippen MR) is 120 cm³/mol. The highest BCUT2D eigenvalue weighted by atomic mass is 19.1. The summed E-state index contributed by atoms with van der Waals surface area (Å²) in [6.07, 6.45) is 0. The van der Waals surface area contributed by atoms with Crippen molar-refractivity contribution in [3.8, 4) is 11.5 Å². The van der Waals surface area contributed by atoms with Gasteiger partial charge < -0.3 is 20.3 Å². The molecule has 0 bridgehead atoms. The lowest BCUT2D eigenvalue weighted by Gasteiger charge is -2.41. The normalized spacial score (nSPS) is 14.6. The maximum Gasteiger partial charge on any atom is 0.321 e. The summed E-state index contributed by atoms with van der Waals surface area (Å²) in [5.41, 5.74) is 3.25. The summed E-state index contributed by atoms with van der Waals surface area (Å²) >= 11 is 0. The zero-order valence-corrected chi connectivity index (χ0v) is 17.6. The largest absolute Gasteiger partial charge is 0.457 e. The summed E-state index contributed by atoms with van der Waals surface area (Å²) in [5, 5.41) is 6.51. The van der Waals surface area contributed by atoms with Crippen molar-refractivity contribution in [3.63, 3.8) is 0 Å². The minimum absolute atomic E-state index is 0.117. The second kappa shape index (κ2) is 9.18. The number of nitrogens with one attached hydrogen (secondary N) is 2. The summed E-state index contributed by atoms with van der Waals surface area (Å²) in [6.45, 7) is 5.62. The van der Waals surface area contributed by atoms with Gasteiger partial charge in [0.2, 0.25) is 0 Å². The van der Waals surface area contributed by atoms with E-state index >= 15 is 0 Å². The van der Waals surface area contributed by atoms with E-state index in [1.165, 1.54) is 23.3 Å². The van der Waals surface area contributed by atoms with Gasteiger partial charge in [-0.2, -0.15) is 0 Å². The Labute approximate surface area is 181 Å². The quantitative estimate of drug-likeness (QED) is 0.555. The van der Waals surface area contributed by atoms with Crippen LogP contribution in [0.4, 0.5) is 14.9 Å². The molecule has 1 aliphatic rings. The first-order valence-corrected chi connectivity index (χ1v) is 10.4. The van der Waals surface area contributed by atoms with Gasteiger partial charge in [0.15, 0.2) is 0 Å². The van der Waals surface area contributed by atoms with Crippen LogP contribution in [0.1, 0.15) is 24.1 Å². The van der Waals surface area contributed by atoms with Crippen molar-refractivity contribution >= 4 is 11.7 Å². The molecule has 4 rings (SSSR count). The predicted octanol–water partition coefficient (Wildman–Crippen LogP) is 5.49. The number of aryl methyl sites for hydroxylation is 1. The molecule has 31 heavy (non-hydrogen) atoms. The lowest BCUT2D eigenvalue weighted by molar-refractivity contribution is 0.143. The van der Waals surface area contributed by atoms with E-state index in [-0.39, 0.29) is 23.9 Å². The zero-order valence-electron chi connectivity index (χ0n) is 17.6. The molecule has 0 spiro atoms. The van der Waals surface area contributed by atoms with Crippen LogP contribution in [0.2, 0.25) is 0 Å². The summed E-state index contributed by atoms with van der Waals surface area (Å²) in [6, 6.07) is 21.7. The Kier molecular flexibility index (Phi) is 6.18. The smallest absolute Gasteiger partial charge is 0.321 e. The molecule has 1 aliphatic heterocycles. The standard InChI is InChI=1S/C25H26FN3O2/c1-17-5-3-4-6-24(17)18(2)27-21-15-29(16-21)25(30)28-20-9-13-23(14-10-20)31-22-11-7-19(26)8-12-22/h3-14,18,21,27H,15-16H2,1-2H3,(H,28,30). The van der Waals surface area contributed by atoms with Crippen molar-refractivity contribution in [2.75, 3.05) is 18.4 Å². The molecule has 0 aromatic heterocycles. The molecule has 160 valence electrons.